The van der Waals surface area contributed by atoms with Crippen LogP contribution in [0.5, 0.6) is 0 Å². The van der Waals surface area contributed by atoms with Gasteiger partial charge in [-0.2, -0.15) is 0 Å². The zero-order valence-corrected chi connectivity index (χ0v) is 11.9. The SMILES string of the molecule is CC(C)(C)OC(=O)C1CC1(N)c1nc2ccccc2[nH]1. The number of carbonyl (C=O) groups excluding carboxylic acids is 1. The van der Waals surface area contributed by atoms with E-state index >= 15 is 0 Å². The monoisotopic (exact) mass is 273 g/mol. The van der Waals surface area contributed by atoms with Gasteiger partial charge in [-0.3, -0.25) is 4.79 Å². The largest absolute Gasteiger partial charge is 0.460 e. The normalized spacial score (nSPS) is 25.7. The molecule has 1 aromatic carbocycles. The Kier molecular flexibility index (Phi) is 2.66. The van der Waals surface area contributed by atoms with Gasteiger partial charge in [-0.1, -0.05) is 12.1 Å². The Labute approximate surface area is 117 Å². The number of rotatable bonds is 2. The molecule has 0 aliphatic heterocycles. The quantitative estimate of drug-likeness (QED) is 0.821. The van der Waals surface area contributed by atoms with Gasteiger partial charge in [-0.25, -0.2) is 4.98 Å². The predicted octanol–water partition coefficient (Wildman–Crippen LogP) is 2.08. The van der Waals surface area contributed by atoms with Gasteiger partial charge in [0, 0.05) is 0 Å². The zero-order chi connectivity index (χ0) is 14.5. The minimum Gasteiger partial charge on any atom is -0.460 e. The molecule has 1 aliphatic carbocycles. The third kappa shape index (κ3) is 2.18. The fourth-order valence-electron chi connectivity index (χ4n) is 2.38. The van der Waals surface area contributed by atoms with Crippen molar-refractivity contribution in [3.8, 4) is 0 Å². The van der Waals surface area contributed by atoms with Gasteiger partial charge in [0.2, 0.25) is 0 Å². The molecule has 1 fully saturated rings. The first-order chi connectivity index (χ1) is 9.29. The van der Waals surface area contributed by atoms with E-state index in [2.05, 4.69) is 9.97 Å². The summed E-state index contributed by atoms with van der Waals surface area (Å²) in [6.07, 6.45) is 0.571. The number of esters is 1. The number of para-hydroxylation sites is 2. The van der Waals surface area contributed by atoms with Gasteiger partial charge in [-0.05, 0) is 39.3 Å². The van der Waals surface area contributed by atoms with E-state index in [1.807, 2.05) is 45.0 Å². The number of ether oxygens (including phenoxy) is 1. The molecular formula is C15H19N3O2. The molecule has 1 aromatic heterocycles. The van der Waals surface area contributed by atoms with Crippen LogP contribution in [-0.4, -0.2) is 21.5 Å². The topological polar surface area (TPSA) is 81.0 Å². The van der Waals surface area contributed by atoms with Crippen molar-refractivity contribution in [2.45, 2.75) is 38.3 Å². The van der Waals surface area contributed by atoms with E-state index in [-0.39, 0.29) is 11.9 Å². The number of H-pyrrole nitrogens is 1. The number of nitrogens with zero attached hydrogens (tertiary/aromatic N) is 1. The number of hydrogen-bond donors (Lipinski definition) is 2. The van der Waals surface area contributed by atoms with Gasteiger partial charge in [0.25, 0.3) is 0 Å². The summed E-state index contributed by atoms with van der Waals surface area (Å²) in [5.41, 5.74) is 6.88. The van der Waals surface area contributed by atoms with Gasteiger partial charge in [0.15, 0.2) is 0 Å². The molecular weight excluding hydrogens is 254 g/mol. The van der Waals surface area contributed by atoms with Crippen LogP contribution in [0.25, 0.3) is 11.0 Å². The van der Waals surface area contributed by atoms with E-state index in [4.69, 9.17) is 10.5 Å². The zero-order valence-electron chi connectivity index (χ0n) is 11.9. The minimum absolute atomic E-state index is 0.250. The van der Waals surface area contributed by atoms with E-state index in [1.54, 1.807) is 0 Å². The highest BCUT2D eigenvalue weighted by atomic mass is 16.6. The summed E-state index contributed by atoms with van der Waals surface area (Å²) in [4.78, 5) is 19.8. The summed E-state index contributed by atoms with van der Waals surface area (Å²) in [5.74, 6) is 0.0947. The van der Waals surface area contributed by atoms with Crippen molar-refractivity contribution in [1.82, 2.24) is 9.97 Å². The number of nitrogens with two attached hydrogens (primary N) is 1. The van der Waals surface area contributed by atoms with Crippen molar-refractivity contribution in [3.05, 3.63) is 30.1 Å². The van der Waals surface area contributed by atoms with Crippen molar-refractivity contribution in [2.24, 2.45) is 11.7 Å². The lowest BCUT2D eigenvalue weighted by Gasteiger charge is -2.20. The number of nitrogens with one attached hydrogen (secondary N) is 1. The molecule has 3 N–H and O–H groups in total. The minimum atomic E-state index is -0.721. The second kappa shape index (κ2) is 4.06. The number of hydrogen-bond acceptors (Lipinski definition) is 4. The fourth-order valence-corrected chi connectivity index (χ4v) is 2.38. The first kappa shape index (κ1) is 13.1. The molecule has 2 unspecified atom stereocenters. The van der Waals surface area contributed by atoms with Gasteiger partial charge < -0.3 is 15.5 Å². The summed E-state index contributed by atoms with van der Waals surface area (Å²) >= 11 is 0. The Bertz CT molecular complexity index is 638. The third-order valence-corrected chi connectivity index (χ3v) is 3.53. The van der Waals surface area contributed by atoms with Gasteiger partial charge in [0.05, 0.1) is 22.5 Å². The second-order valence-corrected chi connectivity index (χ2v) is 6.43. The molecule has 5 nitrogen and oxygen atoms in total. The number of aromatic amines is 1. The molecule has 1 aliphatic rings. The number of imidazole rings is 1. The van der Waals surface area contributed by atoms with Crippen LogP contribution >= 0.6 is 0 Å². The Morgan fingerprint density at radius 1 is 1.45 bits per heavy atom. The molecule has 1 heterocycles. The summed E-state index contributed by atoms with van der Waals surface area (Å²) in [5, 5.41) is 0. The van der Waals surface area contributed by atoms with Crippen LogP contribution in [0.4, 0.5) is 0 Å². The molecule has 20 heavy (non-hydrogen) atoms. The van der Waals surface area contributed by atoms with E-state index in [1.165, 1.54) is 0 Å². The molecule has 1 saturated carbocycles. The molecule has 0 amide bonds. The Morgan fingerprint density at radius 2 is 2.15 bits per heavy atom. The van der Waals surface area contributed by atoms with Crippen molar-refractivity contribution in [2.75, 3.05) is 0 Å². The molecule has 2 atom stereocenters. The van der Waals surface area contributed by atoms with Crippen LogP contribution in [0, 0.1) is 5.92 Å². The van der Waals surface area contributed by atoms with E-state index < -0.39 is 11.1 Å². The number of fused-ring (bicyclic) bond motifs is 1. The summed E-state index contributed by atoms with van der Waals surface area (Å²) < 4.78 is 5.39. The van der Waals surface area contributed by atoms with Crippen molar-refractivity contribution >= 4 is 17.0 Å². The van der Waals surface area contributed by atoms with Crippen LogP contribution < -0.4 is 5.73 Å². The highest BCUT2D eigenvalue weighted by Crippen LogP contribution is 2.49. The summed E-state index contributed by atoms with van der Waals surface area (Å²) in [6.45, 7) is 5.56. The van der Waals surface area contributed by atoms with Crippen molar-refractivity contribution in [3.63, 3.8) is 0 Å². The first-order valence-corrected chi connectivity index (χ1v) is 6.76. The van der Waals surface area contributed by atoms with Crippen LogP contribution in [0.15, 0.2) is 24.3 Å². The molecule has 0 spiro atoms. The van der Waals surface area contributed by atoms with Crippen molar-refractivity contribution in [1.29, 1.82) is 0 Å². The van der Waals surface area contributed by atoms with Crippen LogP contribution in [-0.2, 0) is 15.1 Å². The molecule has 0 radical (unpaired) electrons. The van der Waals surface area contributed by atoms with E-state index in [9.17, 15) is 4.79 Å². The Hall–Kier alpha value is -1.88. The lowest BCUT2D eigenvalue weighted by Crippen LogP contribution is -2.31. The maximum Gasteiger partial charge on any atom is 0.311 e. The van der Waals surface area contributed by atoms with E-state index in [0.29, 0.717) is 12.2 Å². The molecule has 106 valence electrons. The second-order valence-electron chi connectivity index (χ2n) is 6.43. The summed E-state index contributed by atoms with van der Waals surface area (Å²) in [7, 11) is 0. The lowest BCUT2D eigenvalue weighted by atomic mass is 10.1. The highest BCUT2D eigenvalue weighted by molar-refractivity contribution is 5.80. The molecule has 0 bridgehead atoms. The Balaban J connectivity index is 1.83. The molecule has 5 heteroatoms. The first-order valence-electron chi connectivity index (χ1n) is 6.76. The molecule has 0 saturated heterocycles. The fraction of sp³-hybridized carbons (Fsp3) is 0.467. The lowest BCUT2D eigenvalue weighted by molar-refractivity contribution is -0.157. The maximum absolute atomic E-state index is 12.1. The average Bonchev–Trinajstić information content (AvgIpc) is 2.85. The summed E-state index contributed by atoms with van der Waals surface area (Å²) in [6, 6.07) is 7.73. The van der Waals surface area contributed by atoms with Crippen molar-refractivity contribution < 1.29 is 9.53 Å². The maximum atomic E-state index is 12.1. The van der Waals surface area contributed by atoms with Crippen LogP contribution in [0.2, 0.25) is 0 Å². The third-order valence-electron chi connectivity index (χ3n) is 3.53. The van der Waals surface area contributed by atoms with Crippen LogP contribution in [0.1, 0.15) is 33.0 Å². The van der Waals surface area contributed by atoms with Gasteiger partial charge >= 0.3 is 5.97 Å². The van der Waals surface area contributed by atoms with Gasteiger partial charge in [-0.15, -0.1) is 0 Å². The number of carbonyl (C=O) groups is 1. The van der Waals surface area contributed by atoms with E-state index in [0.717, 1.165) is 11.0 Å². The average molecular weight is 273 g/mol. The smallest absolute Gasteiger partial charge is 0.311 e. The van der Waals surface area contributed by atoms with Crippen LogP contribution in [0.3, 0.4) is 0 Å². The highest BCUT2D eigenvalue weighted by Gasteiger charge is 2.60. The predicted molar refractivity (Wildman–Crippen MR) is 75.9 cm³/mol. The Morgan fingerprint density at radius 3 is 2.80 bits per heavy atom. The standard InChI is InChI=1S/C15H19N3O2/c1-14(2,3)20-12(19)9-8-15(9,16)13-17-10-6-4-5-7-11(10)18-13/h4-7,9H,8,16H2,1-3H3,(H,17,18). The number of benzene rings is 1. The van der Waals surface area contributed by atoms with Gasteiger partial charge in [0.1, 0.15) is 11.4 Å². The number of aromatic nitrogens is 2. The molecule has 3 rings (SSSR count). The molecule has 2 aromatic rings.